The molecule has 9 heterocycles. The highest BCUT2D eigenvalue weighted by atomic mass is 16.8. The summed E-state index contributed by atoms with van der Waals surface area (Å²) in [6.07, 6.45) is -90.8. The maximum atomic E-state index is 12.9. The first-order valence-corrected chi connectivity index (χ1v) is 33.7. The van der Waals surface area contributed by atoms with Gasteiger partial charge in [0.2, 0.25) is 11.8 Å². The van der Waals surface area contributed by atoms with Crippen LogP contribution in [0.1, 0.15) is 13.8 Å². The van der Waals surface area contributed by atoms with Crippen molar-refractivity contribution < 1.29 is 228 Å². The zero-order chi connectivity index (χ0) is 77.9. The fourth-order valence-corrected chi connectivity index (χ4v) is 13.5. The Morgan fingerprint density at radius 3 is 0.925 bits per heavy atom. The SMILES string of the molecule is CC(=O)N[C@@H]1[C@@H](O)[C@H](O[C@@H]2O[C@H](CO)[C@@H](O[C@H]3O[C@H](CO[C@H]4O[C@H](CO[C@H]5O[C@H](CO)[C@@H](O)[C@H](O)[C@@H]5O)[C@@H](O)[C@H](O[C@H]5O[C@H](CO)[C@@H](O)[C@H](O)[C@@H]5O)[C@@H]4O)[C@@H](O)[C@H](O[C@H]4O[C@H](CO)[C@@H](O)[C@H](O)[C@@H]4O[C@H]4O[C@H](CO)[C@@H](O)[C@H](O)[C@@H]4O[C@H]4O[C@H](CO)[C@@H](O)[C@H](O)[C@@H]4O)[C@@H]3O)[C@H](O)[C@H]2NC(C)=O)[C@@H](CO)O[C@H]1O. The van der Waals surface area contributed by atoms with Crippen LogP contribution in [0.2, 0.25) is 0 Å². The van der Waals surface area contributed by atoms with Gasteiger partial charge in [-0.3, -0.25) is 9.59 Å². The Bertz CT molecular complexity index is 2710. The maximum Gasteiger partial charge on any atom is 0.217 e. The number of aliphatic hydroxyl groups is 27. The number of carbonyl (C=O) groups is 2. The van der Waals surface area contributed by atoms with E-state index in [4.69, 9.17) is 80.5 Å². The van der Waals surface area contributed by atoms with Crippen LogP contribution in [0.3, 0.4) is 0 Å². The first-order chi connectivity index (χ1) is 50.2. The fourth-order valence-electron chi connectivity index (χ4n) is 13.5. The minimum absolute atomic E-state index is 0.788. The smallest absolute Gasteiger partial charge is 0.217 e. The van der Waals surface area contributed by atoms with E-state index in [-0.39, 0.29) is 0 Å². The number of ether oxygens (including phenoxy) is 17. The summed E-state index contributed by atoms with van der Waals surface area (Å²) in [5.41, 5.74) is 0. The Kier molecular flexibility index (Phi) is 31.1. The summed E-state index contributed by atoms with van der Waals surface area (Å²) < 4.78 is 98.9. The molecule has 2 amide bonds. The highest BCUT2D eigenvalue weighted by Crippen LogP contribution is 2.40. The molecule has 0 unspecified atom stereocenters. The third kappa shape index (κ3) is 18.7. The van der Waals surface area contributed by atoms with Crippen molar-refractivity contribution in [3.8, 4) is 0 Å². The highest BCUT2D eigenvalue weighted by Gasteiger charge is 2.60. The van der Waals surface area contributed by atoms with Gasteiger partial charge in [-0.15, -0.1) is 0 Å². The Labute approximate surface area is 598 Å². The van der Waals surface area contributed by atoms with Crippen molar-refractivity contribution >= 4 is 11.8 Å². The van der Waals surface area contributed by atoms with Gasteiger partial charge in [-0.2, -0.15) is 0 Å². The summed E-state index contributed by atoms with van der Waals surface area (Å²) in [6.45, 7) is -7.74. The number of amides is 2. The lowest BCUT2D eigenvalue weighted by molar-refractivity contribution is -0.408. The van der Waals surface area contributed by atoms with E-state index in [1.54, 1.807) is 0 Å². The second-order valence-corrected chi connectivity index (χ2v) is 26.7. The predicted octanol–water partition coefficient (Wildman–Crippen LogP) is -20.3. The van der Waals surface area contributed by atoms with Crippen LogP contribution in [0.15, 0.2) is 0 Å². The molecule has 9 fully saturated rings. The summed E-state index contributed by atoms with van der Waals surface area (Å²) in [4.78, 5) is 25.1. The Hall–Kier alpha value is -2.82. The summed E-state index contributed by atoms with van der Waals surface area (Å²) in [5, 5.41) is 301. The molecule has 29 N–H and O–H groups in total. The van der Waals surface area contributed by atoms with Crippen molar-refractivity contribution in [2.24, 2.45) is 0 Å². The van der Waals surface area contributed by atoms with Crippen LogP contribution in [0.25, 0.3) is 0 Å². The molecule has 9 saturated heterocycles. The summed E-state index contributed by atoms with van der Waals surface area (Å²) in [5.74, 6) is -1.73. The lowest BCUT2D eigenvalue weighted by Crippen LogP contribution is -2.70. The average Bonchev–Trinajstić information content (AvgIpc) is 0.771. The first-order valence-electron chi connectivity index (χ1n) is 33.7. The number of hydrogen-bond acceptors (Lipinski definition) is 46. The van der Waals surface area contributed by atoms with Gasteiger partial charge < -0.3 is 229 Å². The van der Waals surface area contributed by atoms with E-state index in [2.05, 4.69) is 10.6 Å². The maximum absolute atomic E-state index is 12.9. The molecule has 0 bridgehead atoms. The standard InChI is InChI=1S/C58H98N2O46/c1-12(68)59-23-32(77)44(19(8-66)92-50(23)89)101-51-24(60-13(2)69)33(78)45(20(9-67)98-51)102-56-43(88)47(104-57-49(38(83)29(74)17(6-64)96-57)106-58-48(37(82)28(73)18(7-65)97-58)105-55-41(86)36(81)27(72)16(5-63)95-55)31(76)22(100-56)11-91-53-42(87)46(103-54-40(85)35(80)26(71)15(4-62)94-54)30(75)21(99-53)10-90-52-39(84)34(79)25(70)14(3-61)93-52/h14-58,61-67,70-89H,3-11H2,1-2H3,(H,59,68)(H,60,69)/t14-,15-,16-,17-,18-,19-,20-,21-,22-,23-,24-,25-,26-,27-,28-,29-,30-,31-,32-,33-,34+,35+,36+,37+,38+,39+,40+,41+,42+,43+,44-,45-,46+,47+,48+,49+,50-,51+,52+,53+,54-,55-,56-,57-,58-/m1/s1. The molecule has 0 aromatic heterocycles. The van der Waals surface area contributed by atoms with Gasteiger partial charge in [0, 0.05) is 13.8 Å². The quantitative estimate of drug-likeness (QED) is 0.0363. The average molecular weight is 1560 g/mol. The van der Waals surface area contributed by atoms with Crippen LogP contribution >= 0.6 is 0 Å². The summed E-state index contributed by atoms with van der Waals surface area (Å²) >= 11 is 0. The molecule has 0 aromatic carbocycles. The van der Waals surface area contributed by atoms with Gasteiger partial charge in [-0.25, -0.2) is 0 Å². The number of hydrogen-bond donors (Lipinski definition) is 29. The van der Waals surface area contributed by atoms with Crippen LogP contribution in [0.5, 0.6) is 0 Å². The molecule has 0 aromatic rings. The molecule has 9 aliphatic rings. The number of carbonyl (C=O) groups excluding carboxylic acids is 2. The molecular formula is C58H98N2O46. The van der Waals surface area contributed by atoms with E-state index in [9.17, 15) is 147 Å². The van der Waals surface area contributed by atoms with Crippen molar-refractivity contribution in [2.45, 2.75) is 290 Å². The van der Waals surface area contributed by atoms with Gasteiger partial charge in [0.05, 0.1) is 59.5 Å². The second-order valence-electron chi connectivity index (χ2n) is 26.7. The highest BCUT2D eigenvalue weighted by molar-refractivity contribution is 5.73. The van der Waals surface area contributed by atoms with E-state index >= 15 is 0 Å². The van der Waals surface area contributed by atoms with Gasteiger partial charge in [0.15, 0.2) is 56.6 Å². The number of nitrogens with one attached hydrogen (secondary N) is 2. The van der Waals surface area contributed by atoms with Gasteiger partial charge in [-0.05, 0) is 0 Å². The van der Waals surface area contributed by atoms with E-state index in [1.807, 2.05) is 0 Å². The molecular weight excluding hydrogens is 1460 g/mol. The van der Waals surface area contributed by atoms with E-state index in [0.29, 0.717) is 0 Å². The van der Waals surface area contributed by atoms with Crippen LogP contribution < -0.4 is 10.6 Å². The van der Waals surface area contributed by atoms with Crippen LogP contribution in [0.4, 0.5) is 0 Å². The largest absolute Gasteiger partial charge is 0.394 e. The van der Waals surface area contributed by atoms with Crippen molar-refractivity contribution in [3.63, 3.8) is 0 Å². The van der Waals surface area contributed by atoms with Crippen molar-refractivity contribution in [1.82, 2.24) is 10.6 Å². The van der Waals surface area contributed by atoms with E-state index < -0.39 is 348 Å². The molecule has 48 heteroatoms. The van der Waals surface area contributed by atoms with Crippen LogP contribution in [-0.4, -0.2) is 485 Å². The van der Waals surface area contributed by atoms with Crippen LogP contribution in [-0.2, 0) is 90.1 Å². The molecule has 45 atom stereocenters. The zero-order valence-electron chi connectivity index (χ0n) is 56.2. The van der Waals surface area contributed by atoms with Crippen molar-refractivity contribution in [3.05, 3.63) is 0 Å². The second kappa shape index (κ2) is 37.9. The zero-order valence-corrected chi connectivity index (χ0v) is 56.2. The molecule has 9 rings (SSSR count). The lowest BCUT2D eigenvalue weighted by Gasteiger charge is -2.51. The van der Waals surface area contributed by atoms with Crippen molar-refractivity contribution in [1.29, 1.82) is 0 Å². The molecule has 106 heavy (non-hydrogen) atoms. The van der Waals surface area contributed by atoms with Gasteiger partial charge >= 0.3 is 0 Å². The minimum Gasteiger partial charge on any atom is -0.394 e. The lowest BCUT2D eigenvalue weighted by atomic mass is 9.94. The molecule has 0 radical (unpaired) electrons. The van der Waals surface area contributed by atoms with Crippen molar-refractivity contribution in [2.75, 3.05) is 59.5 Å². The van der Waals surface area contributed by atoms with E-state index in [1.165, 1.54) is 0 Å². The normalized spacial score (nSPS) is 51.2. The topological polar surface area (TPSA) is 761 Å². The number of rotatable bonds is 27. The summed E-state index contributed by atoms with van der Waals surface area (Å²) in [6, 6.07) is -3.57. The van der Waals surface area contributed by atoms with Gasteiger partial charge in [-0.1, -0.05) is 0 Å². The first kappa shape index (κ1) is 87.2. The Balaban J connectivity index is 1.06. The third-order valence-electron chi connectivity index (χ3n) is 19.5. The minimum atomic E-state index is -2.58. The molecule has 0 aliphatic carbocycles. The summed E-state index contributed by atoms with van der Waals surface area (Å²) in [7, 11) is 0. The number of aliphatic hydroxyl groups excluding tert-OH is 27. The molecule has 48 nitrogen and oxygen atoms in total. The van der Waals surface area contributed by atoms with Gasteiger partial charge in [0.1, 0.15) is 220 Å². The molecule has 0 saturated carbocycles. The monoisotopic (exact) mass is 1560 g/mol. The molecule has 0 spiro atoms. The Morgan fingerprint density at radius 1 is 0.245 bits per heavy atom. The molecule has 9 aliphatic heterocycles. The van der Waals surface area contributed by atoms with Gasteiger partial charge in [0.25, 0.3) is 0 Å². The molecule has 616 valence electrons. The predicted molar refractivity (Wildman–Crippen MR) is 320 cm³/mol. The van der Waals surface area contributed by atoms with E-state index in [0.717, 1.165) is 13.8 Å². The fraction of sp³-hybridized carbons (Fsp3) is 0.966. The third-order valence-corrected chi connectivity index (χ3v) is 19.5. The van der Waals surface area contributed by atoms with Crippen LogP contribution in [0, 0.1) is 0 Å². The Morgan fingerprint density at radius 2 is 0.509 bits per heavy atom.